The fraction of sp³-hybridized carbons (Fsp3) is 0.467. The number of ether oxygens (including phenoxy) is 1. The van der Waals surface area contributed by atoms with Gasteiger partial charge in [0.25, 0.3) is 0 Å². The fourth-order valence-corrected chi connectivity index (χ4v) is 1.80. The topological polar surface area (TPSA) is 84.7 Å². The number of nitrogens with two attached hydrogens (primary N) is 1. The second-order valence-corrected chi connectivity index (χ2v) is 4.74. The normalized spacial score (nSPS) is 11.6. The quantitative estimate of drug-likeness (QED) is 0.616. The van der Waals surface area contributed by atoms with Gasteiger partial charge < -0.3 is 20.7 Å². The Labute approximate surface area is 125 Å². The molecule has 0 radical (unpaired) electrons. The molecule has 3 N–H and O–H groups in total. The summed E-state index contributed by atoms with van der Waals surface area (Å²) in [6.07, 6.45) is 0. The molecule has 6 heteroatoms. The van der Waals surface area contributed by atoms with E-state index in [0.717, 1.165) is 0 Å². The minimum Gasteiger partial charge on any atom is -0.462 e. The van der Waals surface area contributed by atoms with E-state index in [0.29, 0.717) is 30.1 Å². The van der Waals surface area contributed by atoms with Gasteiger partial charge in [-0.2, -0.15) is 0 Å². The first-order chi connectivity index (χ1) is 9.90. The van der Waals surface area contributed by atoms with Crippen LogP contribution in [0.25, 0.3) is 0 Å². The van der Waals surface area contributed by atoms with E-state index in [4.69, 9.17) is 10.5 Å². The molecule has 0 saturated carbocycles. The molecule has 1 rings (SSSR count). The Kier molecular flexibility index (Phi) is 6.02. The van der Waals surface area contributed by atoms with Crippen LogP contribution in [0.15, 0.2) is 18.2 Å². The van der Waals surface area contributed by atoms with Crippen molar-refractivity contribution in [3.05, 3.63) is 23.8 Å². The van der Waals surface area contributed by atoms with Crippen LogP contribution in [0.5, 0.6) is 0 Å². The number of carbonyl (C=O) groups is 2. The molecule has 0 aliphatic rings. The predicted octanol–water partition coefficient (Wildman–Crippen LogP) is 1.72. The van der Waals surface area contributed by atoms with Gasteiger partial charge >= 0.3 is 5.97 Å². The van der Waals surface area contributed by atoms with Crippen molar-refractivity contribution in [1.29, 1.82) is 0 Å². The third-order valence-electron chi connectivity index (χ3n) is 3.16. The van der Waals surface area contributed by atoms with E-state index in [-0.39, 0.29) is 5.91 Å². The van der Waals surface area contributed by atoms with Crippen molar-refractivity contribution in [2.75, 3.05) is 31.2 Å². The van der Waals surface area contributed by atoms with Gasteiger partial charge in [-0.3, -0.25) is 4.79 Å². The maximum atomic E-state index is 12.0. The molecule has 0 heterocycles. The van der Waals surface area contributed by atoms with Gasteiger partial charge in [0, 0.05) is 13.6 Å². The summed E-state index contributed by atoms with van der Waals surface area (Å²) in [6.45, 7) is 6.34. The highest BCUT2D eigenvalue weighted by Crippen LogP contribution is 2.21. The standard InChI is InChI=1S/C15H23N3O3/c1-5-18(4)14(19)10(3)17-13-9-11(7-8-12(13)16)15(20)21-6-2/h7-10,17H,5-6,16H2,1-4H3. The van der Waals surface area contributed by atoms with Crippen LogP contribution in [0, 0.1) is 0 Å². The molecule has 1 atom stereocenters. The molecular formula is C15H23N3O3. The molecule has 0 fully saturated rings. The van der Waals surface area contributed by atoms with Crippen LogP contribution in [-0.4, -0.2) is 43.0 Å². The van der Waals surface area contributed by atoms with Gasteiger partial charge in [0.2, 0.25) is 5.91 Å². The van der Waals surface area contributed by atoms with Gasteiger partial charge in [-0.1, -0.05) is 0 Å². The summed E-state index contributed by atoms with van der Waals surface area (Å²) in [5.74, 6) is -0.455. The molecule has 6 nitrogen and oxygen atoms in total. The van der Waals surface area contributed by atoms with Gasteiger partial charge in [-0.15, -0.1) is 0 Å². The number of hydrogen-bond acceptors (Lipinski definition) is 5. The van der Waals surface area contributed by atoms with Gasteiger partial charge in [0.1, 0.15) is 6.04 Å². The number of nitrogen functional groups attached to an aromatic ring is 1. The van der Waals surface area contributed by atoms with E-state index in [1.807, 2.05) is 6.92 Å². The third kappa shape index (κ3) is 4.37. The first kappa shape index (κ1) is 16.8. The van der Waals surface area contributed by atoms with E-state index < -0.39 is 12.0 Å². The smallest absolute Gasteiger partial charge is 0.338 e. The Balaban J connectivity index is 2.90. The number of rotatable bonds is 6. The molecule has 0 aliphatic heterocycles. The molecule has 116 valence electrons. The number of carbonyl (C=O) groups excluding carboxylic acids is 2. The Morgan fingerprint density at radius 2 is 2.05 bits per heavy atom. The molecule has 1 amide bonds. The summed E-state index contributed by atoms with van der Waals surface area (Å²) in [4.78, 5) is 25.4. The van der Waals surface area contributed by atoms with Crippen LogP contribution in [0.4, 0.5) is 11.4 Å². The average Bonchev–Trinajstić information content (AvgIpc) is 2.47. The number of nitrogens with zero attached hydrogens (tertiary/aromatic N) is 1. The van der Waals surface area contributed by atoms with Crippen molar-refractivity contribution in [2.24, 2.45) is 0 Å². The highest BCUT2D eigenvalue weighted by molar-refractivity contribution is 5.93. The zero-order valence-electron chi connectivity index (χ0n) is 13.0. The molecule has 0 spiro atoms. The minimum atomic E-state index is -0.435. The maximum absolute atomic E-state index is 12.0. The van der Waals surface area contributed by atoms with Crippen LogP contribution < -0.4 is 11.1 Å². The lowest BCUT2D eigenvalue weighted by Crippen LogP contribution is -2.39. The van der Waals surface area contributed by atoms with E-state index in [1.165, 1.54) is 0 Å². The monoisotopic (exact) mass is 293 g/mol. The number of nitrogens with one attached hydrogen (secondary N) is 1. The van der Waals surface area contributed by atoms with E-state index in [9.17, 15) is 9.59 Å². The summed E-state index contributed by atoms with van der Waals surface area (Å²) in [7, 11) is 1.74. The molecule has 1 aromatic rings. The summed E-state index contributed by atoms with van der Waals surface area (Å²) >= 11 is 0. The number of likely N-dealkylation sites (N-methyl/N-ethyl adjacent to an activating group) is 1. The van der Waals surface area contributed by atoms with Crippen LogP contribution in [-0.2, 0) is 9.53 Å². The van der Waals surface area contributed by atoms with Gasteiger partial charge in [-0.25, -0.2) is 4.79 Å². The molecular weight excluding hydrogens is 270 g/mol. The van der Waals surface area contributed by atoms with Crippen molar-refractivity contribution in [1.82, 2.24) is 4.90 Å². The van der Waals surface area contributed by atoms with E-state index >= 15 is 0 Å². The molecule has 0 aromatic heterocycles. The number of benzene rings is 1. The highest BCUT2D eigenvalue weighted by atomic mass is 16.5. The van der Waals surface area contributed by atoms with Crippen LogP contribution >= 0.6 is 0 Å². The second-order valence-electron chi connectivity index (χ2n) is 4.74. The predicted molar refractivity (Wildman–Crippen MR) is 83.2 cm³/mol. The first-order valence-electron chi connectivity index (χ1n) is 6.98. The summed E-state index contributed by atoms with van der Waals surface area (Å²) in [6, 6.07) is 4.39. The Morgan fingerprint density at radius 1 is 1.38 bits per heavy atom. The van der Waals surface area contributed by atoms with Crippen molar-refractivity contribution >= 4 is 23.3 Å². The first-order valence-corrected chi connectivity index (χ1v) is 6.98. The van der Waals surface area contributed by atoms with Gasteiger partial charge in [0.15, 0.2) is 0 Å². The molecule has 0 bridgehead atoms. The lowest BCUT2D eigenvalue weighted by atomic mass is 10.1. The van der Waals surface area contributed by atoms with Crippen LogP contribution in [0.3, 0.4) is 0 Å². The maximum Gasteiger partial charge on any atom is 0.338 e. The molecule has 1 aromatic carbocycles. The molecule has 21 heavy (non-hydrogen) atoms. The highest BCUT2D eigenvalue weighted by Gasteiger charge is 2.18. The Bertz CT molecular complexity index is 517. The lowest BCUT2D eigenvalue weighted by Gasteiger charge is -2.22. The number of anilines is 2. The minimum absolute atomic E-state index is 0.0431. The third-order valence-corrected chi connectivity index (χ3v) is 3.16. The van der Waals surface area contributed by atoms with Crippen molar-refractivity contribution in [2.45, 2.75) is 26.8 Å². The van der Waals surface area contributed by atoms with E-state index in [1.54, 1.807) is 44.0 Å². The largest absolute Gasteiger partial charge is 0.462 e. The van der Waals surface area contributed by atoms with E-state index in [2.05, 4.69) is 5.32 Å². The summed E-state index contributed by atoms with van der Waals surface area (Å²) < 4.78 is 4.95. The Hall–Kier alpha value is -2.24. The SMILES string of the molecule is CCOC(=O)c1ccc(N)c(NC(C)C(=O)N(C)CC)c1. The second kappa shape index (κ2) is 7.52. The Morgan fingerprint density at radius 3 is 2.62 bits per heavy atom. The molecule has 1 unspecified atom stereocenters. The van der Waals surface area contributed by atoms with Gasteiger partial charge in [-0.05, 0) is 39.0 Å². The molecule has 0 aliphatic carbocycles. The fourth-order valence-electron chi connectivity index (χ4n) is 1.80. The van der Waals surface area contributed by atoms with Gasteiger partial charge in [0.05, 0.1) is 23.5 Å². The van der Waals surface area contributed by atoms with Crippen LogP contribution in [0.1, 0.15) is 31.1 Å². The average molecular weight is 293 g/mol. The van der Waals surface area contributed by atoms with Crippen molar-refractivity contribution < 1.29 is 14.3 Å². The zero-order chi connectivity index (χ0) is 16.0. The van der Waals surface area contributed by atoms with Crippen molar-refractivity contribution in [3.63, 3.8) is 0 Å². The summed E-state index contributed by atoms with van der Waals surface area (Å²) in [5.41, 5.74) is 7.30. The summed E-state index contributed by atoms with van der Waals surface area (Å²) in [5, 5.41) is 3.04. The zero-order valence-corrected chi connectivity index (χ0v) is 13.0. The van der Waals surface area contributed by atoms with Crippen molar-refractivity contribution in [3.8, 4) is 0 Å². The number of amides is 1. The molecule has 0 saturated heterocycles. The number of hydrogen-bond donors (Lipinski definition) is 2. The lowest BCUT2D eigenvalue weighted by molar-refractivity contribution is -0.130. The number of esters is 1. The van der Waals surface area contributed by atoms with Crippen LogP contribution in [0.2, 0.25) is 0 Å².